The van der Waals surface area contributed by atoms with Crippen molar-refractivity contribution in [2.75, 3.05) is 4.90 Å². The van der Waals surface area contributed by atoms with Crippen LogP contribution in [0, 0.1) is 6.92 Å². The summed E-state index contributed by atoms with van der Waals surface area (Å²) in [7, 11) is 0. The molecule has 10 aromatic rings. The number of nitrogens with zero attached hydrogens (tertiary/aromatic N) is 1. The number of furan rings is 1. The molecule has 0 radical (unpaired) electrons. The molecule has 0 aliphatic rings. The first-order chi connectivity index (χ1) is 26.2. The maximum atomic E-state index is 6.32. The molecule has 0 saturated carbocycles. The summed E-state index contributed by atoms with van der Waals surface area (Å²) in [5, 5.41) is 8.67. The van der Waals surface area contributed by atoms with Gasteiger partial charge in [-0.3, -0.25) is 0 Å². The molecule has 0 spiro atoms. The van der Waals surface area contributed by atoms with Gasteiger partial charge in [0.25, 0.3) is 0 Å². The highest BCUT2D eigenvalue weighted by atomic mass is 16.3. The second kappa shape index (κ2) is 12.7. The number of aryl methyl sites for hydroxylation is 1. The molecule has 0 bridgehead atoms. The largest absolute Gasteiger partial charge is 0.456 e. The lowest BCUT2D eigenvalue weighted by Crippen LogP contribution is -2.10. The number of para-hydroxylation sites is 1. The monoisotopic (exact) mass is 677 g/mol. The van der Waals surface area contributed by atoms with Crippen molar-refractivity contribution in [2.45, 2.75) is 6.92 Å². The third kappa shape index (κ3) is 5.44. The van der Waals surface area contributed by atoms with E-state index in [2.05, 4.69) is 194 Å². The van der Waals surface area contributed by atoms with Crippen LogP contribution in [0.4, 0.5) is 17.1 Å². The molecular formula is C51H35NO. The quantitative estimate of drug-likeness (QED) is 0.163. The SMILES string of the molecule is Cc1c(-c2cccc(-c3ccc(N(c4ccc(-c5ccc6c(ccc7ccccc76)c5)cc4)c4cccc5ccccc45)cc3)c2)oc2ccccc12. The van der Waals surface area contributed by atoms with Gasteiger partial charge in [-0.15, -0.1) is 0 Å². The Hall–Kier alpha value is -6.90. The van der Waals surface area contributed by atoms with E-state index in [0.29, 0.717) is 0 Å². The molecule has 0 atom stereocenters. The molecule has 0 aliphatic heterocycles. The van der Waals surface area contributed by atoms with Gasteiger partial charge in [0, 0.05) is 33.3 Å². The van der Waals surface area contributed by atoms with E-state index in [1.165, 1.54) is 49.0 Å². The van der Waals surface area contributed by atoms with Gasteiger partial charge >= 0.3 is 0 Å². The van der Waals surface area contributed by atoms with Gasteiger partial charge in [0.2, 0.25) is 0 Å². The number of anilines is 3. The lowest BCUT2D eigenvalue weighted by Gasteiger charge is -2.27. The number of benzene rings is 9. The van der Waals surface area contributed by atoms with Crippen LogP contribution in [0.3, 0.4) is 0 Å². The fourth-order valence-electron chi connectivity index (χ4n) is 7.92. The first-order valence-corrected chi connectivity index (χ1v) is 18.2. The molecule has 0 N–H and O–H groups in total. The van der Waals surface area contributed by atoms with Crippen molar-refractivity contribution in [1.29, 1.82) is 0 Å². The molecule has 1 aromatic heterocycles. The van der Waals surface area contributed by atoms with Crippen LogP contribution in [0.2, 0.25) is 0 Å². The van der Waals surface area contributed by atoms with Crippen LogP contribution in [0.5, 0.6) is 0 Å². The molecule has 53 heavy (non-hydrogen) atoms. The zero-order valence-corrected chi connectivity index (χ0v) is 29.3. The zero-order valence-electron chi connectivity index (χ0n) is 29.3. The highest BCUT2D eigenvalue weighted by Gasteiger charge is 2.17. The minimum Gasteiger partial charge on any atom is -0.456 e. The fraction of sp³-hybridized carbons (Fsp3) is 0.0196. The van der Waals surface area contributed by atoms with Crippen LogP contribution in [0.15, 0.2) is 199 Å². The molecule has 2 nitrogen and oxygen atoms in total. The van der Waals surface area contributed by atoms with Gasteiger partial charge in [0.05, 0.1) is 5.69 Å². The Morgan fingerprint density at radius 3 is 1.62 bits per heavy atom. The molecular weight excluding hydrogens is 643 g/mol. The highest BCUT2D eigenvalue weighted by molar-refractivity contribution is 6.08. The Balaban J connectivity index is 1.02. The van der Waals surface area contributed by atoms with Crippen LogP contribution >= 0.6 is 0 Å². The number of hydrogen-bond donors (Lipinski definition) is 0. The molecule has 2 heteroatoms. The second-order valence-electron chi connectivity index (χ2n) is 13.8. The van der Waals surface area contributed by atoms with E-state index < -0.39 is 0 Å². The van der Waals surface area contributed by atoms with Crippen LogP contribution in [0.25, 0.3) is 76.9 Å². The Morgan fingerprint density at radius 2 is 0.887 bits per heavy atom. The molecule has 0 unspecified atom stereocenters. The van der Waals surface area contributed by atoms with Crippen LogP contribution < -0.4 is 4.90 Å². The van der Waals surface area contributed by atoms with Gasteiger partial charge in [0.15, 0.2) is 0 Å². The van der Waals surface area contributed by atoms with E-state index in [0.717, 1.165) is 50.5 Å². The van der Waals surface area contributed by atoms with Crippen molar-refractivity contribution < 1.29 is 4.42 Å². The van der Waals surface area contributed by atoms with Crippen molar-refractivity contribution in [3.63, 3.8) is 0 Å². The maximum Gasteiger partial charge on any atom is 0.138 e. The van der Waals surface area contributed by atoms with E-state index in [1.807, 2.05) is 12.1 Å². The Morgan fingerprint density at radius 1 is 0.358 bits per heavy atom. The summed E-state index contributed by atoms with van der Waals surface area (Å²) in [5.74, 6) is 0.924. The van der Waals surface area contributed by atoms with Gasteiger partial charge in [-0.25, -0.2) is 0 Å². The summed E-state index contributed by atoms with van der Waals surface area (Å²) in [6.45, 7) is 2.14. The summed E-state index contributed by atoms with van der Waals surface area (Å²) in [6, 6.07) is 69.9. The second-order valence-corrected chi connectivity index (χ2v) is 13.8. The van der Waals surface area contributed by atoms with Crippen molar-refractivity contribution in [1.82, 2.24) is 0 Å². The lowest BCUT2D eigenvalue weighted by atomic mass is 9.97. The van der Waals surface area contributed by atoms with Gasteiger partial charge in [-0.1, -0.05) is 146 Å². The standard InChI is InChI=1S/C51H35NO/c1-34-45-15-6-7-19-50(45)53-51(34)42-14-8-13-39(33-42)35-22-27-43(28-23-35)52(49-18-9-12-37-10-3-5-17-48(37)49)44-29-24-36(25-30-44)40-26-31-47-41(32-40)21-20-38-11-2-4-16-46(38)47/h2-33H,1H3. The summed E-state index contributed by atoms with van der Waals surface area (Å²) in [5.41, 5.74) is 11.2. The average Bonchev–Trinajstić information content (AvgIpc) is 3.57. The molecule has 1 heterocycles. The molecule has 0 fully saturated rings. The average molecular weight is 678 g/mol. The van der Waals surface area contributed by atoms with E-state index in [-0.39, 0.29) is 0 Å². The van der Waals surface area contributed by atoms with Gasteiger partial charge in [-0.2, -0.15) is 0 Å². The topological polar surface area (TPSA) is 16.4 Å². The molecule has 0 aliphatic carbocycles. The third-order valence-electron chi connectivity index (χ3n) is 10.6. The van der Waals surface area contributed by atoms with Gasteiger partial charge < -0.3 is 9.32 Å². The predicted molar refractivity (Wildman–Crippen MR) is 224 cm³/mol. The van der Waals surface area contributed by atoms with E-state index in [4.69, 9.17) is 4.42 Å². The summed E-state index contributed by atoms with van der Waals surface area (Å²) in [4.78, 5) is 2.37. The minimum absolute atomic E-state index is 0.919. The fourth-order valence-corrected chi connectivity index (χ4v) is 7.92. The van der Waals surface area contributed by atoms with Crippen LogP contribution in [-0.2, 0) is 0 Å². The van der Waals surface area contributed by atoms with Gasteiger partial charge in [0.1, 0.15) is 11.3 Å². The maximum absolute atomic E-state index is 6.32. The van der Waals surface area contributed by atoms with E-state index in [1.54, 1.807) is 0 Å². The van der Waals surface area contributed by atoms with Gasteiger partial charge in [-0.05, 0) is 105 Å². The van der Waals surface area contributed by atoms with Crippen LogP contribution in [0.1, 0.15) is 5.56 Å². The summed E-state index contributed by atoms with van der Waals surface area (Å²) >= 11 is 0. The third-order valence-corrected chi connectivity index (χ3v) is 10.6. The number of rotatable bonds is 6. The molecule has 0 saturated heterocycles. The van der Waals surface area contributed by atoms with E-state index in [9.17, 15) is 0 Å². The van der Waals surface area contributed by atoms with E-state index >= 15 is 0 Å². The zero-order chi connectivity index (χ0) is 35.3. The molecule has 10 rings (SSSR count). The Kier molecular flexibility index (Phi) is 7.40. The highest BCUT2D eigenvalue weighted by Crippen LogP contribution is 2.41. The molecule has 0 amide bonds. The van der Waals surface area contributed by atoms with Crippen molar-refractivity contribution in [2.24, 2.45) is 0 Å². The van der Waals surface area contributed by atoms with Crippen LogP contribution in [-0.4, -0.2) is 0 Å². The first-order valence-electron chi connectivity index (χ1n) is 18.2. The van der Waals surface area contributed by atoms with Crippen molar-refractivity contribution in [3.05, 3.63) is 200 Å². The normalized spacial score (nSPS) is 11.5. The first kappa shape index (κ1) is 30.9. The number of hydrogen-bond acceptors (Lipinski definition) is 2. The number of fused-ring (bicyclic) bond motifs is 5. The van der Waals surface area contributed by atoms with Crippen molar-refractivity contribution in [3.8, 4) is 33.6 Å². The lowest BCUT2D eigenvalue weighted by molar-refractivity contribution is 0.629. The summed E-state index contributed by atoms with van der Waals surface area (Å²) in [6.07, 6.45) is 0. The predicted octanol–water partition coefficient (Wildman–Crippen LogP) is 14.7. The smallest absolute Gasteiger partial charge is 0.138 e. The summed E-state index contributed by atoms with van der Waals surface area (Å²) < 4.78 is 6.32. The Labute approximate surface area is 308 Å². The minimum atomic E-state index is 0.919. The molecule has 9 aromatic carbocycles. The molecule has 250 valence electrons. The van der Waals surface area contributed by atoms with Crippen molar-refractivity contribution >= 4 is 60.3 Å². The Bertz CT molecular complexity index is 2950.